The summed E-state index contributed by atoms with van der Waals surface area (Å²) < 4.78 is 2.03. The Bertz CT molecular complexity index is 980. The molecule has 1 atom stereocenters. The Kier molecular flexibility index (Phi) is 8.12. The Morgan fingerprint density at radius 3 is 2.70 bits per heavy atom. The predicted molar refractivity (Wildman–Crippen MR) is 126 cm³/mol. The van der Waals surface area contributed by atoms with Crippen molar-refractivity contribution in [2.75, 3.05) is 5.32 Å². The van der Waals surface area contributed by atoms with Crippen LogP contribution in [-0.2, 0) is 17.1 Å². The van der Waals surface area contributed by atoms with E-state index < -0.39 is 0 Å². The first-order chi connectivity index (χ1) is 14.5. The number of hydrogen-bond acceptors (Lipinski definition) is 7. The van der Waals surface area contributed by atoms with Gasteiger partial charge in [0, 0.05) is 16.3 Å². The number of nitrogens with zero attached hydrogens (tertiary/aromatic N) is 4. The van der Waals surface area contributed by atoms with Crippen LogP contribution in [0.25, 0.3) is 0 Å². The molecule has 3 aromatic rings. The van der Waals surface area contributed by atoms with Gasteiger partial charge in [0.25, 0.3) is 0 Å². The van der Waals surface area contributed by atoms with Crippen LogP contribution in [0.3, 0.4) is 0 Å². The van der Waals surface area contributed by atoms with E-state index in [-0.39, 0.29) is 11.2 Å². The smallest absolute Gasteiger partial charge is 0.239 e. The summed E-state index contributed by atoms with van der Waals surface area (Å²) in [6.45, 7) is 10.4. The highest BCUT2D eigenvalue weighted by Crippen LogP contribution is 2.29. The van der Waals surface area contributed by atoms with Crippen LogP contribution in [0.2, 0.25) is 0 Å². The first-order valence-corrected chi connectivity index (χ1v) is 12.3. The molecule has 2 heterocycles. The molecule has 0 aliphatic carbocycles. The van der Waals surface area contributed by atoms with Gasteiger partial charge in [-0.15, -0.1) is 39.9 Å². The summed E-state index contributed by atoms with van der Waals surface area (Å²) >= 11 is 4.64. The molecule has 1 amide bonds. The van der Waals surface area contributed by atoms with Crippen molar-refractivity contribution in [1.82, 2.24) is 19.7 Å². The first-order valence-electron chi connectivity index (χ1n) is 9.64. The molecule has 0 bridgehead atoms. The molecule has 1 aromatic carbocycles. The minimum atomic E-state index is -0.281. The van der Waals surface area contributed by atoms with E-state index in [4.69, 9.17) is 0 Å². The molecule has 0 saturated heterocycles. The second-order valence-electron chi connectivity index (χ2n) is 6.56. The van der Waals surface area contributed by atoms with Gasteiger partial charge in [-0.3, -0.25) is 4.79 Å². The van der Waals surface area contributed by atoms with Gasteiger partial charge in [0.1, 0.15) is 5.82 Å². The van der Waals surface area contributed by atoms with Gasteiger partial charge >= 0.3 is 0 Å². The monoisotopic (exact) mass is 459 g/mol. The molecule has 1 unspecified atom stereocenters. The number of aromatic nitrogens is 4. The number of rotatable bonds is 10. The van der Waals surface area contributed by atoms with Crippen LogP contribution < -0.4 is 5.32 Å². The van der Waals surface area contributed by atoms with Gasteiger partial charge in [-0.2, -0.15) is 0 Å². The Morgan fingerprint density at radius 1 is 1.30 bits per heavy atom. The van der Waals surface area contributed by atoms with Gasteiger partial charge in [0.2, 0.25) is 5.91 Å². The summed E-state index contributed by atoms with van der Waals surface area (Å²) in [5.74, 6) is 1.50. The average molecular weight is 460 g/mol. The summed E-state index contributed by atoms with van der Waals surface area (Å²) in [7, 11) is 0. The molecule has 2 aromatic heterocycles. The van der Waals surface area contributed by atoms with Crippen LogP contribution in [0.1, 0.15) is 29.7 Å². The summed E-state index contributed by atoms with van der Waals surface area (Å²) in [5.41, 5.74) is 0.947. The SMILES string of the molecule is C=CCn1c(CSc2ccccc2)nnc1SC(CC)C(=O)Nc1nc(C)c(C)s1. The number of anilines is 1. The molecule has 3 rings (SSSR count). The highest BCUT2D eigenvalue weighted by molar-refractivity contribution is 8.00. The predicted octanol–water partition coefficient (Wildman–Crippen LogP) is 5.34. The zero-order valence-corrected chi connectivity index (χ0v) is 19.7. The number of aryl methyl sites for hydroxylation is 2. The van der Waals surface area contributed by atoms with Gasteiger partial charge in [-0.05, 0) is 32.4 Å². The van der Waals surface area contributed by atoms with Gasteiger partial charge in [-0.1, -0.05) is 43.0 Å². The number of benzene rings is 1. The van der Waals surface area contributed by atoms with Crippen molar-refractivity contribution < 1.29 is 4.79 Å². The quantitative estimate of drug-likeness (QED) is 0.326. The third-order valence-corrected chi connectivity index (χ3v) is 7.73. The maximum Gasteiger partial charge on any atom is 0.239 e. The molecule has 0 fully saturated rings. The van der Waals surface area contributed by atoms with Crippen LogP contribution in [0.4, 0.5) is 5.13 Å². The molecule has 30 heavy (non-hydrogen) atoms. The highest BCUT2D eigenvalue weighted by Gasteiger charge is 2.23. The number of allylic oxidation sites excluding steroid dienone is 1. The molecular weight excluding hydrogens is 434 g/mol. The summed E-state index contributed by atoms with van der Waals surface area (Å²) in [6.07, 6.45) is 2.50. The van der Waals surface area contributed by atoms with E-state index >= 15 is 0 Å². The molecule has 6 nitrogen and oxygen atoms in total. The van der Waals surface area contributed by atoms with Crippen molar-refractivity contribution in [3.05, 3.63) is 59.4 Å². The van der Waals surface area contributed by atoms with Crippen LogP contribution in [0.15, 0.2) is 53.0 Å². The summed E-state index contributed by atoms with van der Waals surface area (Å²) in [4.78, 5) is 19.5. The van der Waals surface area contributed by atoms with Crippen molar-refractivity contribution in [2.24, 2.45) is 0 Å². The van der Waals surface area contributed by atoms with E-state index in [1.165, 1.54) is 28.0 Å². The molecule has 1 N–H and O–H groups in total. The summed E-state index contributed by atoms with van der Waals surface area (Å²) in [5, 5.41) is 12.8. The lowest BCUT2D eigenvalue weighted by Crippen LogP contribution is -2.25. The van der Waals surface area contributed by atoms with Gasteiger partial charge in [0.15, 0.2) is 10.3 Å². The molecule has 0 saturated carbocycles. The summed E-state index contributed by atoms with van der Waals surface area (Å²) in [6, 6.07) is 10.2. The molecule has 0 aliphatic heterocycles. The Balaban J connectivity index is 1.70. The second-order valence-corrected chi connectivity index (χ2v) is 9.99. The number of thiazole rings is 1. The standard InChI is InChI=1S/C21H25N5OS3/c1-5-12-26-18(13-28-16-10-8-7-9-11-16)24-25-21(26)30-17(6-2)19(27)23-20-22-14(3)15(4)29-20/h5,7-11,17H,1,6,12-13H2,2-4H3,(H,22,23,27). The van der Waals surface area contributed by atoms with Gasteiger partial charge in [0.05, 0.1) is 16.7 Å². The first kappa shape index (κ1) is 22.6. The molecular formula is C21H25N5OS3. The van der Waals surface area contributed by atoms with Gasteiger partial charge < -0.3 is 9.88 Å². The number of amides is 1. The fourth-order valence-electron chi connectivity index (χ4n) is 2.65. The topological polar surface area (TPSA) is 72.7 Å². The van der Waals surface area contributed by atoms with E-state index in [1.807, 2.05) is 49.6 Å². The normalized spacial score (nSPS) is 12.0. The molecule has 0 radical (unpaired) electrons. The Morgan fingerprint density at radius 2 is 2.07 bits per heavy atom. The Hall–Kier alpha value is -2.10. The number of nitrogens with one attached hydrogen (secondary N) is 1. The average Bonchev–Trinajstić information content (AvgIpc) is 3.27. The third-order valence-electron chi connectivity index (χ3n) is 4.39. The maximum absolute atomic E-state index is 12.8. The number of thioether (sulfide) groups is 2. The van der Waals surface area contributed by atoms with E-state index in [9.17, 15) is 4.79 Å². The fourth-order valence-corrected chi connectivity index (χ4v) is 5.31. The fraction of sp³-hybridized carbons (Fsp3) is 0.333. The van der Waals surface area contributed by atoms with E-state index in [0.29, 0.717) is 23.8 Å². The van der Waals surface area contributed by atoms with E-state index in [2.05, 4.69) is 39.2 Å². The lowest BCUT2D eigenvalue weighted by Gasteiger charge is -2.14. The third kappa shape index (κ3) is 5.74. The highest BCUT2D eigenvalue weighted by atomic mass is 32.2. The van der Waals surface area contributed by atoms with Gasteiger partial charge in [-0.25, -0.2) is 4.98 Å². The number of carbonyl (C=O) groups excluding carboxylic acids is 1. The van der Waals surface area contributed by atoms with Crippen molar-refractivity contribution >= 4 is 45.9 Å². The zero-order chi connectivity index (χ0) is 21.5. The maximum atomic E-state index is 12.8. The van der Waals surface area contributed by atoms with Crippen molar-refractivity contribution in [3.8, 4) is 0 Å². The minimum Gasteiger partial charge on any atom is -0.301 e. The van der Waals surface area contributed by atoms with E-state index in [0.717, 1.165) is 21.6 Å². The molecule has 158 valence electrons. The zero-order valence-electron chi connectivity index (χ0n) is 17.3. The largest absolute Gasteiger partial charge is 0.301 e. The Labute approximate surface area is 189 Å². The van der Waals surface area contributed by atoms with E-state index in [1.54, 1.807) is 11.8 Å². The minimum absolute atomic E-state index is 0.0652. The molecule has 0 spiro atoms. The molecule has 0 aliphatic rings. The van der Waals surface area contributed by atoms with Crippen molar-refractivity contribution in [1.29, 1.82) is 0 Å². The van der Waals surface area contributed by atoms with Crippen molar-refractivity contribution in [2.45, 2.75) is 54.8 Å². The van der Waals surface area contributed by atoms with Crippen LogP contribution in [0.5, 0.6) is 0 Å². The lowest BCUT2D eigenvalue weighted by atomic mass is 10.3. The second kappa shape index (κ2) is 10.8. The number of hydrogen-bond donors (Lipinski definition) is 1. The lowest BCUT2D eigenvalue weighted by molar-refractivity contribution is -0.115. The number of carbonyl (C=O) groups is 1. The molecule has 9 heteroatoms. The van der Waals surface area contributed by atoms with Crippen LogP contribution in [0, 0.1) is 13.8 Å². The van der Waals surface area contributed by atoms with Crippen LogP contribution >= 0.6 is 34.9 Å². The van der Waals surface area contributed by atoms with Crippen LogP contribution in [-0.4, -0.2) is 30.9 Å². The van der Waals surface area contributed by atoms with Crippen molar-refractivity contribution in [3.63, 3.8) is 0 Å².